The van der Waals surface area contributed by atoms with Gasteiger partial charge in [-0.15, -0.1) is 0 Å². The second-order valence-electron chi connectivity index (χ2n) is 17.4. The van der Waals surface area contributed by atoms with Crippen LogP contribution in [0.3, 0.4) is 0 Å². The summed E-state index contributed by atoms with van der Waals surface area (Å²) in [6, 6.07) is 21.6. The van der Waals surface area contributed by atoms with E-state index >= 15 is 0 Å². The summed E-state index contributed by atoms with van der Waals surface area (Å²) >= 11 is 6.30. The lowest BCUT2D eigenvalue weighted by molar-refractivity contribution is -0.144. The summed E-state index contributed by atoms with van der Waals surface area (Å²) in [5, 5.41) is 27.1. The Balaban J connectivity index is 1.04. The Morgan fingerprint density at radius 3 is 2.52 bits per heavy atom. The first-order valence-corrected chi connectivity index (χ1v) is 22.1. The third-order valence-electron chi connectivity index (χ3n) is 13.3. The van der Waals surface area contributed by atoms with Crippen molar-refractivity contribution in [3.63, 3.8) is 0 Å². The van der Waals surface area contributed by atoms with Crippen molar-refractivity contribution in [2.75, 3.05) is 25.6 Å². The van der Waals surface area contributed by atoms with Crippen LogP contribution in [0.4, 0.5) is 5.69 Å². The summed E-state index contributed by atoms with van der Waals surface area (Å²) in [5.74, 6) is 0.775. The second kappa shape index (κ2) is 19.2. The molecule has 1 saturated carbocycles. The average Bonchev–Trinajstić information content (AvgIpc) is 3.53. The number of anilines is 1. The van der Waals surface area contributed by atoms with Crippen LogP contribution in [0.15, 0.2) is 79.0 Å². The molecule has 0 saturated heterocycles. The third-order valence-corrected chi connectivity index (χ3v) is 13.6. The third kappa shape index (κ3) is 9.93. The zero-order valence-electron chi connectivity index (χ0n) is 35.4. The highest BCUT2D eigenvalue weighted by Gasteiger charge is 2.54. The number of halogens is 1. The second-order valence-corrected chi connectivity index (χ2v) is 17.9. The number of hydrogen-bond donors (Lipinski definition) is 4. The lowest BCUT2D eigenvalue weighted by atomic mass is 9.59. The maximum Gasteiger partial charge on any atom is 0.329 e. The molecule has 1 amide bonds. The fourth-order valence-corrected chi connectivity index (χ4v) is 10.3. The Bertz CT molecular complexity index is 2200. The number of carbonyl (C=O) groups is 3. The highest BCUT2D eigenvalue weighted by Crippen LogP contribution is 2.57. The Labute approximate surface area is 363 Å². The van der Waals surface area contributed by atoms with Crippen LogP contribution in [-0.2, 0) is 39.1 Å². The van der Waals surface area contributed by atoms with E-state index in [0.29, 0.717) is 72.4 Å². The zero-order valence-corrected chi connectivity index (χ0v) is 36.1. The number of aromatic nitrogens is 1. The normalized spacial score (nSPS) is 22.6. The van der Waals surface area contributed by atoms with Crippen LogP contribution in [0, 0.1) is 11.8 Å². The first kappa shape index (κ1) is 43.8. The topological polar surface area (TPSA) is 156 Å². The number of carboxylic acids is 2. The predicted molar refractivity (Wildman–Crippen MR) is 235 cm³/mol. The van der Waals surface area contributed by atoms with E-state index in [1.54, 1.807) is 30.3 Å². The Morgan fingerprint density at radius 2 is 1.77 bits per heavy atom. The first-order valence-electron chi connectivity index (χ1n) is 21.7. The molecule has 1 aromatic heterocycles. The highest BCUT2D eigenvalue weighted by molar-refractivity contribution is 6.30. The summed E-state index contributed by atoms with van der Waals surface area (Å²) in [5.41, 5.74) is 4.83. The number of carbonyl (C=O) groups excluding carboxylic acids is 1. The maximum absolute atomic E-state index is 13.1. The van der Waals surface area contributed by atoms with Crippen LogP contribution < -0.4 is 24.8 Å². The molecular weight excluding hydrogens is 794 g/mol. The number of aliphatic carboxylic acids is 2. The first-order chi connectivity index (χ1) is 29.4. The van der Waals surface area contributed by atoms with Crippen molar-refractivity contribution in [1.82, 2.24) is 10.3 Å². The van der Waals surface area contributed by atoms with Crippen molar-refractivity contribution in [3.05, 3.63) is 112 Å². The standard InChI is InChI=1S/C49H58ClN3O8/c1-31(30-61-43-18-23-51-40-13-6-9-32(2)45(40)43)25-35-26-33-16-17-38(60-24-8-15-44(54)52-41(46(55)56)27-34-10-4-5-14-42(34)59-3)29-39(33)48(35)19-21-49(22-20-48,47(57)58)53-37-12-7-11-36(50)28-37/h4-5,7,10-12,14,16-18,23,28-29,31-32,35,41,53H,6,8-9,13,15,19-22,24-27,30H2,1-3H3,(H,52,54)(H,55,56)(H,57,58)/t31-,32-,35?,41?,48?,49?/m1/s1. The molecule has 1 heterocycles. The number of amides is 1. The van der Waals surface area contributed by atoms with Gasteiger partial charge < -0.3 is 35.1 Å². The van der Waals surface area contributed by atoms with Crippen LogP contribution in [0.5, 0.6) is 17.2 Å². The van der Waals surface area contributed by atoms with Crippen LogP contribution in [0.1, 0.15) is 106 Å². The quantitative estimate of drug-likeness (QED) is 0.0712. The number of ether oxygens (including phenoxy) is 3. The van der Waals surface area contributed by atoms with Gasteiger partial charge in [-0.25, -0.2) is 9.59 Å². The molecule has 4 aromatic rings. The molecule has 0 bridgehead atoms. The molecule has 3 aliphatic carbocycles. The molecule has 0 aliphatic heterocycles. The smallest absolute Gasteiger partial charge is 0.329 e. The number of carboxylic acid groups (broad SMARTS) is 2. The van der Waals surface area contributed by atoms with E-state index in [0.717, 1.165) is 43.5 Å². The maximum atomic E-state index is 13.1. The SMILES string of the molecule is COc1ccccc1CC(NC(=O)CCCOc1ccc2c(c1)C1(CCC(Nc3cccc(Cl)c3)(C(=O)O)CC1)C(C[C@@H](C)COc1ccnc3c1[C@H](C)CCC3)C2)C(=O)O. The van der Waals surface area contributed by atoms with Gasteiger partial charge in [-0.05, 0) is 147 Å². The van der Waals surface area contributed by atoms with Gasteiger partial charge in [0, 0.05) is 41.0 Å². The Morgan fingerprint density at radius 1 is 0.967 bits per heavy atom. The molecule has 1 fully saturated rings. The molecule has 61 heavy (non-hydrogen) atoms. The van der Waals surface area contributed by atoms with Crippen molar-refractivity contribution in [2.24, 2.45) is 11.8 Å². The molecular formula is C49H58ClN3O8. The Kier molecular flexibility index (Phi) is 13.8. The number of aryl methyl sites for hydroxylation is 1. The van der Waals surface area contributed by atoms with Crippen molar-refractivity contribution in [2.45, 2.75) is 114 Å². The van der Waals surface area contributed by atoms with E-state index in [2.05, 4.69) is 41.6 Å². The average molecular weight is 852 g/mol. The summed E-state index contributed by atoms with van der Waals surface area (Å²) in [4.78, 5) is 42.7. The van der Waals surface area contributed by atoms with Gasteiger partial charge in [0.05, 0.1) is 20.3 Å². The fourth-order valence-electron chi connectivity index (χ4n) is 10.1. The molecule has 4 atom stereocenters. The minimum Gasteiger partial charge on any atom is -0.496 e. The molecule has 12 heteroatoms. The van der Waals surface area contributed by atoms with Crippen LogP contribution >= 0.6 is 11.6 Å². The molecule has 324 valence electrons. The monoisotopic (exact) mass is 851 g/mol. The van der Waals surface area contributed by atoms with E-state index in [1.165, 1.54) is 23.8 Å². The number of para-hydroxylation sites is 1. The molecule has 11 nitrogen and oxygen atoms in total. The van der Waals surface area contributed by atoms with Gasteiger partial charge in [0.2, 0.25) is 5.91 Å². The number of nitrogens with one attached hydrogen (secondary N) is 2. The van der Waals surface area contributed by atoms with Crippen molar-refractivity contribution >= 4 is 35.1 Å². The number of pyridine rings is 1. The number of fused-ring (bicyclic) bond motifs is 3. The van der Waals surface area contributed by atoms with Crippen molar-refractivity contribution < 1.29 is 38.8 Å². The number of hydrogen-bond acceptors (Lipinski definition) is 8. The van der Waals surface area contributed by atoms with E-state index in [1.807, 2.05) is 36.5 Å². The molecule has 1 spiro atoms. The van der Waals surface area contributed by atoms with Crippen molar-refractivity contribution in [1.29, 1.82) is 0 Å². The highest BCUT2D eigenvalue weighted by atomic mass is 35.5. The lowest BCUT2D eigenvalue weighted by Crippen LogP contribution is -2.53. The van der Waals surface area contributed by atoms with Gasteiger partial charge in [-0.3, -0.25) is 9.78 Å². The number of methoxy groups -OCH3 is 1. The van der Waals surface area contributed by atoms with Gasteiger partial charge >= 0.3 is 11.9 Å². The van der Waals surface area contributed by atoms with Crippen LogP contribution in [0.25, 0.3) is 0 Å². The van der Waals surface area contributed by atoms with Gasteiger partial charge in [-0.1, -0.05) is 55.8 Å². The van der Waals surface area contributed by atoms with E-state index in [9.17, 15) is 24.6 Å². The van der Waals surface area contributed by atoms with Gasteiger partial charge in [-0.2, -0.15) is 0 Å². The fraction of sp³-hybridized carbons (Fsp3) is 0.469. The molecule has 4 N–H and O–H groups in total. The Hall–Kier alpha value is -5.29. The molecule has 3 aromatic carbocycles. The minimum absolute atomic E-state index is 0.0985. The molecule has 7 rings (SSSR count). The summed E-state index contributed by atoms with van der Waals surface area (Å²) < 4.78 is 18.2. The van der Waals surface area contributed by atoms with E-state index < -0.39 is 23.5 Å². The molecule has 2 unspecified atom stereocenters. The van der Waals surface area contributed by atoms with Gasteiger partial charge in [0.1, 0.15) is 28.8 Å². The minimum atomic E-state index is -1.14. The summed E-state index contributed by atoms with van der Waals surface area (Å²) in [6.07, 6.45) is 9.75. The van der Waals surface area contributed by atoms with Crippen molar-refractivity contribution in [3.8, 4) is 17.2 Å². The molecule has 0 radical (unpaired) electrons. The zero-order chi connectivity index (χ0) is 43.1. The van der Waals surface area contributed by atoms with E-state index in [-0.39, 0.29) is 42.6 Å². The molecule has 3 aliphatic rings. The van der Waals surface area contributed by atoms with E-state index in [4.69, 9.17) is 25.8 Å². The van der Waals surface area contributed by atoms with Crippen LogP contribution in [0.2, 0.25) is 5.02 Å². The largest absolute Gasteiger partial charge is 0.496 e. The predicted octanol–water partition coefficient (Wildman–Crippen LogP) is 9.18. The number of nitrogens with zero attached hydrogens (tertiary/aromatic N) is 1. The van der Waals surface area contributed by atoms with Gasteiger partial charge in [0.15, 0.2) is 0 Å². The number of benzene rings is 3. The lowest BCUT2D eigenvalue weighted by Gasteiger charge is -2.47. The van der Waals surface area contributed by atoms with Gasteiger partial charge in [0.25, 0.3) is 0 Å². The summed E-state index contributed by atoms with van der Waals surface area (Å²) in [6.45, 7) is 5.36. The number of rotatable bonds is 18. The summed E-state index contributed by atoms with van der Waals surface area (Å²) in [7, 11) is 1.53. The van der Waals surface area contributed by atoms with Crippen LogP contribution in [-0.4, -0.2) is 64.9 Å².